The quantitative estimate of drug-likeness (QED) is 0.348. The Bertz CT molecular complexity index is 1210. The van der Waals surface area contributed by atoms with Crippen LogP contribution in [0, 0.1) is 17.6 Å². The smallest absolute Gasteiger partial charge is 0.134 e. The molecule has 0 aliphatic carbocycles. The molecule has 1 saturated heterocycles. The van der Waals surface area contributed by atoms with Gasteiger partial charge in [-0.25, -0.2) is 13.2 Å². The number of rotatable bonds is 8. The van der Waals surface area contributed by atoms with Gasteiger partial charge in [0.25, 0.3) is 0 Å². The maximum atomic E-state index is 15.7. The van der Waals surface area contributed by atoms with Crippen molar-refractivity contribution >= 4 is 11.0 Å². The number of fused-ring (bicyclic) bond motifs is 3. The molecule has 1 fully saturated rings. The summed E-state index contributed by atoms with van der Waals surface area (Å²) in [5.41, 5.74) is -0.390. The molecule has 0 radical (unpaired) electrons. The Morgan fingerprint density at radius 3 is 2.44 bits per heavy atom. The molecule has 2 aliphatic rings. The van der Waals surface area contributed by atoms with Crippen molar-refractivity contribution < 1.29 is 26.7 Å². The third kappa shape index (κ3) is 4.85. The van der Waals surface area contributed by atoms with Gasteiger partial charge in [0, 0.05) is 73.2 Å². The lowest BCUT2D eigenvalue weighted by Crippen LogP contribution is -2.49. The van der Waals surface area contributed by atoms with E-state index < -0.39 is 23.3 Å². The molecule has 4 nitrogen and oxygen atoms in total. The summed E-state index contributed by atoms with van der Waals surface area (Å²) in [5.74, 6) is -0.665. The molecule has 8 heteroatoms. The van der Waals surface area contributed by atoms with E-state index in [1.165, 1.54) is 26.0 Å². The van der Waals surface area contributed by atoms with Crippen molar-refractivity contribution in [2.24, 2.45) is 5.92 Å². The summed E-state index contributed by atoms with van der Waals surface area (Å²) >= 11 is 0. The molecule has 36 heavy (non-hydrogen) atoms. The van der Waals surface area contributed by atoms with Gasteiger partial charge in [-0.2, -0.15) is 0 Å². The summed E-state index contributed by atoms with van der Waals surface area (Å²) < 4.78 is 70.6. The number of likely N-dealkylation sites (tertiary alicyclic amines) is 1. The Labute approximate surface area is 208 Å². The number of alkyl halides is 2. The Morgan fingerprint density at radius 2 is 1.78 bits per heavy atom. The van der Waals surface area contributed by atoms with Crippen molar-refractivity contribution in [3.63, 3.8) is 0 Å². The van der Waals surface area contributed by atoms with Crippen molar-refractivity contribution in [3.05, 3.63) is 64.9 Å². The maximum Gasteiger partial charge on any atom is 0.134 e. The van der Waals surface area contributed by atoms with E-state index in [0.29, 0.717) is 43.0 Å². The Balaban J connectivity index is 1.48. The normalized spacial score (nSPS) is 21.5. The highest BCUT2D eigenvalue weighted by molar-refractivity contribution is 5.83. The van der Waals surface area contributed by atoms with Crippen molar-refractivity contribution in [1.29, 1.82) is 0 Å². The highest BCUT2D eigenvalue weighted by Crippen LogP contribution is 2.45. The molecule has 194 valence electrons. The van der Waals surface area contributed by atoms with E-state index in [1.54, 1.807) is 0 Å². The summed E-state index contributed by atoms with van der Waals surface area (Å²) in [5, 5.41) is 0.770. The minimum absolute atomic E-state index is 0.00458. The van der Waals surface area contributed by atoms with Gasteiger partial charge in [0.15, 0.2) is 0 Å². The zero-order chi connectivity index (χ0) is 25.6. The molecule has 0 unspecified atom stereocenters. The number of hydrogen-bond donors (Lipinski definition) is 0. The second-order valence-electron chi connectivity index (χ2n) is 10.7. The molecular formula is C28H32F4N2O2. The number of furan rings is 1. The Morgan fingerprint density at radius 1 is 1.08 bits per heavy atom. The molecule has 5 rings (SSSR count). The van der Waals surface area contributed by atoms with Gasteiger partial charge in [-0.05, 0) is 26.8 Å². The molecule has 1 aromatic heterocycles. The summed E-state index contributed by atoms with van der Waals surface area (Å²) in [4.78, 5) is 3.87. The number of benzene rings is 2. The number of ether oxygens (including phenoxy) is 1. The third-order valence-electron chi connectivity index (χ3n) is 7.17. The molecule has 2 aliphatic heterocycles. The zero-order valence-corrected chi connectivity index (χ0v) is 20.9. The topological polar surface area (TPSA) is 28.9 Å². The molecule has 0 N–H and O–H groups in total. The third-order valence-corrected chi connectivity index (χ3v) is 7.17. The van der Waals surface area contributed by atoms with Crippen LogP contribution in [-0.2, 0) is 6.42 Å². The van der Waals surface area contributed by atoms with Gasteiger partial charge in [0.2, 0.25) is 0 Å². The summed E-state index contributed by atoms with van der Waals surface area (Å²) in [6.45, 7) is 6.68. The lowest BCUT2D eigenvalue weighted by atomic mass is 9.86. The van der Waals surface area contributed by atoms with Crippen LogP contribution in [0.4, 0.5) is 17.6 Å². The average Bonchev–Trinajstić information content (AvgIpc) is 3.13. The van der Waals surface area contributed by atoms with Crippen LogP contribution in [0.25, 0.3) is 11.0 Å². The molecule has 3 aromatic rings. The first kappa shape index (κ1) is 25.1. The molecule has 0 spiro atoms. The van der Waals surface area contributed by atoms with Crippen molar-refractivity contribution in [2.45, 2.75) is 44.9 Å². The number of para-hydroxylation sites is 1. The molecule has 2 atom stereocenters. The summed E-state index contributed by atoms with van der Waals surface area (Å²) in [6.07, 6.45) is 0.515. The van der Waals surface area contributed by atoms with Crippen LogP contribution in [0.15, 0.2) is 40.8 Å². The van der Waals surface area contributed by atoms with E-state index >= 15 is 8.78 Å². The average molecular weight is 505 g/mol. The van der Waals surface area contributed by atoms with Crippen molar-refractivity contribution in [2.75, 3.05) is 39.5 Å². The lowest BCUT2D eigenvalue weighted by molar-refractivity contribution is 0.0619. The first-order chi connectivity index (χ1) is 17.1. The number of nitrogens with zero attached hydrogens (tertiary/aromatic N) is 2. The molecule has 0 amide bonds. The summed E-state index contributed by atoms with van der Waals surface area (Å²) in [6, 6.07) is 8.74. The minimum Gasteiger partial charge on any atom is -0.492 e. The predicted octanol–water partition coefficient (Wildman–Crippen LogP) is 6.08. The van der Waals surface area contributed by atoms with Gasteiger partial charge in [-0.15, -0.1) is 0 Å². The fourth-order valence-electron chi connectivity index (χ4n) is 5.52. The summed E-state index contributed by atoms with van der Waals surface area (Å²) in [7, 11) is 0. The first-order valence-electron chi connectivity index (χ1n) is 12.5. The van der Waals surface area contributed by atoms with E-state index in [1.807, 2.05) is 41.0 Å². The zero-order valence-electron chi connectivity index (χ0n) is 20.9. The van der Waals surface area contributed by atoms with Crippen LogP contribution in [0.1, 0.15) is 43.7 Å². The van der Waals surface area contributed by atoms with Gasteiger partial charge in [0.05, 0.1) is 12.7 Å². The van der Waals surface area contributed by atoms with Gasteiger partial charge < -0.3 is 9.15 Å². The molecule has 0 saturated carbocycles. The van der Waals surface area contributed by atoms with Gasteiger partial charge in [0.1, 0.15) is 41.0 Å². The molecule has 2 aromatic carbocycles. The highest BCUT2D eigenvalue weighted by Gasteiger charge is 2.42. The Hall–Kier alpha value is -2.58. The monoisotopic (exact) mass is 504 g/mol. The van der Waals surface area contributed by atoms with Crippen molar-refractivity contribution in [1.82, 2.24) is 9.80 Å². The van der Waals surface area contributed by atoms with Crippen molar-refractivity contribution in [3.8, 4) is 5.75 Å². The number of hydrogen-bond acceptors (Lipinski definition) is 4. The molecule has 0 bridgehead atoms. The van der Waals surface area contributed by atoms with E-state index in [0.717, 1.165) is 5.39 Å². The van der Waals surface area contributed by atoms with Gasteiger partial charge in [-0.1, -0.05) is 18.2 Å². The van der Waals surface area contributed by atoms with Gasteiger partial charge >= 0.3 is 0 Å². The van der Waals surface area contributed by atoms with E-state index in [2.05, 4.69) is 0 Å². The van der Waals surface area contributed by atoms with Crippen LogP contribution in [0.3, 0.4) is 0 Å². The standard InChI is InChI=1S/C28H32F4N2O2/c1-17-10-24-25(20-6-4-5-7-23(20)36-24)27(34(17)16-28(2,3)32)26-21(30)11-19(12-22(26)31)35-9-8-33-14-18(13-29)15-33/h4-7,11-12,17-18,27H,8-10,13-16H2,1-3H3/t17-,27+/m0/s1. The van der Waals surface area contributed by atoms with Crippen LogP contribution in [-0.4, -0.2) is 61.0 Å². The largest absolute Gasteiger partial charge is 0.492 e. The lowest BCUT2D eigenvalue weighted by Gasteiger charge is -2.42. The Kier molecular flexibility index (Phi) is 6.76. The fraction of sp³-hybridized carbons (Fsp3) is 0.500. The number of halogens is 4. The fourth-order valence-corrected chi connectivity index (χ4v) is 5.52. The van der Waals surface area contributed by atoms with E-state index in [9.17, 15) is 8.78 Å². The van der Waals surface area contributed by atoms with Crippen LogP contribution in [0.2, 0.25) is 0 Å². The van der Waals surface area contributed by atoms with Crippen LogP contribution < -0.4 is 4.74 Å². The highest BCUT2D eigenvalue weighted by atomic mass is 19.1. The van der Waals surface area contributed by atoms with Crippen LogP contribution >= 0.6 is 0 Å². The molecular weight excluding hydrogens is 472 g/mol. The first-order valence-corrected chi connectivity index (χ1v) is 12.5. The molecule has 3 heterocycles. The van der Waals surface area contributed by atoms with Gasteiger partial charge in [-0.3, -0.25) is 14.2 Å². The minimum atomic E-state index is -1.57. The SMILES string of the molecule is C[C@H]1Cc2oc3ccccc3c2[C@H](c2c(F)cc(OCCN3CC(CF)C3)cc2F)N1CC(C)(C)F. The van der Waals surface area contributed by atoms with E-state index in [-0.39, 0.29) is 43.1 Å². The second kappa shape index (κ2) is 9.71. The second-order valence-corrected chi connectivity index (χ2v) is 10.7. The maximum absolute atomic E-state index is 15.7. The van der Waals surface area contributed by atoms with Crippen LogP contribution in [0.5, 0.6) is 5.75 Å². The van der Waals surface area contributed by atoms with E-state index in [4.69, 9.17) is 9.15 Å². The predicted molar refractivity (Wildman–Crippen MR) is 131 cm³/mol.